The fraction of sp³-hybridized carbons (Fsp3) is 0.977. The number of likely N-dealkylation sites (N-methyl/N-ethyl adjacent to an activating group) is 1. The highest BCUT2D eigenvalue weighted by atomic mass is 16.4. The fourth-order valence-electron chi connectivity index (χ4n) is 7.86. The molecule has 0 aromatic heterocycles. The molecule has 1 fully saturated rings. The molecule has 292 valence electrons. The number of carboxylic acid groups (broad SMARTS) is 1. The molecule has 1 aliphatic rings. The summed E-state index contributed by atoms with van der Waals surface area (Å²) in [5, 5.41) is 12.3. The second-order valence-corrected chi connectivity index (χ2v) is 16.7. The SMILES string of the molecule is CCCCCCCCCCCCCCCCN1CCN(CCCCCCCCCCCCCCCC)CCN(C(C(=O)[O-])[N+](C)(C)C)CC1. The van der Waals surface area contributed by atoms with Crippen molar-refractivity contribution >= 4 is 5.97 Å². The van der Waals surface area contributed by atoms with Crippen LogP contribution in [0.1, 0.15) is 194 Å². The lowest BCUT2D eigenvalue weighted by Gasteiger charge is -2.42. The molecule has 0 aromatic carbocycles. The zero-order valence-corrected chi connectivity index (χ0v) is 34.1. The average Bonchev–Trinajstić information content (AvgIpc) is 3.15. The molecule has 6 heteroatoms. The number of hydrogen-bond acceptors (Lipinski definition) is 5. The number of rotatable bonds is 33. The third kappa shape index (κ3) is 26.7. The van der Waals surface area contributed by atoms with Gasteiger partial charge in [-0.25, -0.2) is 4.90 Å². The van der Waals surface area contributed by atoms with Crippen molar-refractivity contribution < 1.29 is 14.4 Å². The van der Waals surface area contributed by atoms with Crippen molar-refractivity contribution in [3.05, 3.63) is 0 Å². The van der Waals surface area contributed by atoms with Gasteiger partial charge in [-0.15, -0.1) is 0 Å². The summed E-state index contributed by atoms with van der Waals surface area (Å²) in [5.74, 6) is -0.941. The second kappa shape index (κ2) is 32.0. The highest BCUT2D eigenvalue weighted by Crippen LogP contribution is 2.16. The number of nitrogens with zero attached hydrogens (tertiary/aromatic N) is 4. The van der Waals surface area contributed by atoms with Crippen molar-refractivity contribution in [2.75, 3.05) is 73.5 Å². The Bertz CT molecular complexity index is 683. The van der Waals surface area contributed by atoms with Crippen LogP contribution < -0.4 is 5.11 Å². The zero-order chi connectivity index (χ0) is 35.8. The number of carbonyl (C=O) groups is 1. The highest BCUT2D eigenvalue weighted by Gasteiger charge is 2.32. The molecular formula is C43H88N4O2. The molecule has 6 nitrogen and oxygen atoms in total. The summed E-state index contributed by atoms with van der Waals surface area (Å²) >= 11 is 0. The first-order valence-electron chi connectivity index (χ1n) is 22.0. The third-order valence-corrected chi connectivity index (χ3v) is 11.1. The van der Waals surface area contributed by atoms with E-state index in [0.29, 0.717) is 4.48 Å². The predicted octanol–water partition coefficient (Wildman–Crippen LogP) is 9.65. The highest BCUT2D eigenvalue weighted by molar-refractivity contribution is 5.69. The molecule has 1 aliphatic heterocycles. The van der Waals surface area contributed by atoms with Gasteiger partial charge in [-0.1, -0.05) is 181 Å². The van der Waals surface area contributed by atoms with E-state index in [2.05, 4.69) is 28.5 Å². The number of aliphatic carboxylic acids is 1. The monoisotopic (exact) mass is 693 g/mol. The van der Waals surface area contributed by atoms with E-state index in [0.717, 1.165) is 52.4 Å². The largest absolute Gasteiger partial charge is 0.543 e. The van der Waals surface area contributed by atoms with Crippen LogP contribution in [-0.2, 0) is 4.79 Å². The molecular weight excluding hydrogens is 604 g/mol. The van der Waals surface area contributed by atoms with E-state index in [-0.39, 0.29) is 0 Å². The minimum absolute atomic E-state index is 0.375. The molecule has 0 aromatic rings. The van der Waals surface area contributed by atoms with Gasteiger partial charge in [-0.3, -0.25) is 0 Å². The predicted molar refractivity (Wildman–Crippen MR) is 212 cm³/mol. The van der Waals surface area contributed by atoms with Gasteiger partial charge in [0.2, 0.25) is 0 Å². The van der Waals surface area contributed by atoms with E-state index in [9.17, 15) is 9.90 Å². The van der Waals surface area contributed by atoms with Crippen LogP contribution in [-0.4, -0.2) is 105 Å². The van der Waals surface area contributed by atoms with Gasteiger partial charge < -0.3 is 24.2 Å². The summed E-state index contributed by atoms with van der Waals surface area (Å²) in [6.45, 7) is 12.6. The van der Waals surface area contributed by atoms with Gasteiger partial charge in [-0.05, 0) is 25.9 Å². The first-order chi connectivity index (χ1) is 23.8. The van der Waals surface area contributed by atoms with Crippen molar-refractivity contribution in [3.8, 4) is 0 Å². The number of hydrogen-bond donors (Lipinski definition) is 0. The van der Waals surface area contributed by atoms with Crippen molar-refractivity contribution in [1.29, 1.82) is 0 Å². The van der Waals surface area contributed by atoms with Crippen LogP contribution in [0.4, 0.5) is 0 Å². The minimum Gasteiger partial charge on any atom is -0.543 e. The lowest BCUT2D eigenvalue weighted by atomic mass is 10.0. The second-order valence-electron chi connectivity index (χ2n) is 16.7. The normalized spacial score (nSPS) is 16.4. The smallest absolute Gasteiger partial charge is 0.185 e. The van der Waals surface area contributed by atoms with Gasteiger partial charge in [0, 0.05) is 39.3 Å². The lowest BCUT2D eigenvalue weighted by molar-refractivity contribution is -0.901. The summed E-state index contributed by atoms with van der Waals surface area (Å²) in [4.78, 5) is 19.8. The maximum absolute atomic E-state index is 12.3. The topological polar surface area (TPSA) is 49.8 Å². The standard InChI is InChI=1S/C43H88N4O2/c1-6-8-10-12-14-16-18-20-22-24-26-28-30-32-34-44-36-37-45(39-41-46(40-38-44)42(43(48)49)47(3,4)5)35-33-31-29-27-25-23-21-19-17-15-13-11-9-7-2/h42H,6-41H2,1-5H3. The number of carbonyl (C=O) groups excluding carboxylic acids is 1. The van der Waals surface area contributed by atoms with Gasteiger partial charge in [0.05, 0.1) is 21.1 Å². The molecule has 0 radical (unpaired) electrons. The summed E-state index contributed by atoms with van der Waals surface area (Å²) in [7, 11) is 5.98. The summed E-state index contributed by atoms with van der Waals surface area (Å²) in [6, 6.07) is 0. The van der Waals surface area contributed by atoms with Crippen molar-refractivity contribution in [3.63, 3.8) is 0 Å². The molecule has 1 unspecified atom stereocenters. The van der Waals surface area contributed by atoms with Gasteiger partial charge in [0.25, 0.3) is 0 Å². The van der Waals surface area contributed by atoms with E-state index in [1.807, 2.05) is 21.1 Å². The Kier molecular flexibility index (Phi) is 30.3. The number of quaternary nitrogens is 1. The first-order valence-corrected chi connectivity index (χ1v) is 22.0. The summed E-state index contributed by atoms with van der Waals surface area (Å²) < 4.78 is 0.375. The molecule has 1 atom stereocenters. The van der Waals surface area contributed by atoms with Crippen LogP contribution in [0, 0.1) is 0 Å². The Labute approximate surface area is 307 Å². The molecule has 1 heterocycles. The van der Waals surface area contributed by atoms with Gasteiger partial charge in [0.1, 0.15) is 5.97 Å². The van der Waals surface area contributed by atoms with Crippen LogP contribution in [0.15, 0.2) is 0 Å². The Morgan fingerprint density at radius 1 is 0.449 bits per heavy atom. The van der Waals surface area contributed by atoms with Crippen molar-refractivity contribution in [2.24, 2.45) is 0 Å². The Hall–Kier alpha value is -0.690. The molecule has 1 rings (SSSR count). The zero-order valence-electron chi connectivity index (χ0n) is 34.1. The number of unbranched alkanes of at least 4 members (excludes halogenated alkanes) is 26. The van der Waals surface area contributed by atoms with E-state index in [1.165, 1.54) is 180 Å². The van der Waals surface area contributed by atoms with Crippen LogP contribution in [0.5, 0.6) is 0 Å². The van der Waals surface area contributed by atoms with E-state index in [4.69, 9.17) is 0 Å². The molecule has 0 saturated carbocycles. The maximum atomic E-state index is 12.3. The average molecular weight is 693 g/mol. The maximum Gasteiger partial charge on any atom is 0.185 e. The van der Waals surface area contributed by atoms with Crippen molar-refractivity contribution in [2.45, 2.75) is 200 Å². The van der Waals surface area contributed by atoms with Crippen LogP contribution in [0.25, 0.3) is 0 Å². The van der Waals surface area contributed by atoms with E-state index >= 15 is 0 Å². The van der Waals surface area contributed by atoms with Crippen LogP contribution in [0.2, 0.25) is 0 Å². The Balaban J connectivity index is 2.36. The Morgan fingerprint density at radius 2 is 0.694 bits per heavy atom. The lowest BCUT2D eigenvalue weighted by Crippen LogP contribution is -2.64. The van der Waals surface area contributed by atoms with Crippen LogP contribution >= 0.6 is 0 Å². The summed E-state index contributed by atoms with van der Waals surface area (Å²) in [5.41, 5.74) is 0. The van der Waals surface area contributed by atoms with E-state index < -0.39 is 12.1 Å². The molecule has 0 amide bonds. The quantitative estimate of drug-likeness (QED) is 0.0507. The fourth-order valence-corrected chi connectivity index (χ4v) is 7.86. The Morgan fingerprint density at radius 3 is 0.939 bits per heavy atom. The number of carboxylic acids is 1. The van der Waals surface area contributed by atoms with Gasteiger partial charge >= 0.3 is 0 Å². The van der Waals surface area contributed by atoms with Gasteiger partial charge in [0.15, 0.2) is 6.17 Å². The third-order valence-electron chi connectivity index (χ3n) is 11.1. The van der Waals surface area contributed by atoms with Crippen molar-refractivity contribution in [1.82, 2.24) is 14.7 Å². The molecule has 0 aliphatic carbocycles. The first kappa shape index (κ1) is 46.3. The molecule has 0 bridgehead atoms. The summed E-state index contributed by atoms with van der Waals surface area (Å²) in [6.07, 6.45) is 38.4. The van der Waals surface area contributed by atoms with Gasteiger partial charge in [-0.2, -0.15) is 0 Å². The minimum atomic E-state index is -0.941. The molecule has 49 heavy (non-hydrogen) atoms. The molecule has 1 saturated heterocycles. The van der Waals surface area contributed by atoms with E-state index in [1.54, 1.807) is 0 Å². The molecule has 0 spiro atoms. The molecule has 0 N–H and O–H groups in total. The van der Waals surface area contributed by atoms with Crippen LogP contribution in [0.3, 0.4) is 0 Å².